The molecule has 0 saturated carbocycles. The quantitative estimate of drug-likeness (QED) is 0.323. The summed E-state index contributed by atoms with van der Waals surface area (Å²) in [6.45, 7) is 0. The van der Waals surface area contributed by atoms with Gasteiger partial charge in [-0.2, -0.15) is 0 Å². The molecular formula is C26H17. The number of hydrogen-bond acceptors (Lipinski definition) is 0. The first-order valence-corrected chi connectivity index (χ1v) is 8.87. The summed E-state index contributed by atoms with van der Waals surface area (Å²) in [5, 5.41) is 5.05. The van der Waals surface area contributed by atoms with E-state index in [1.807, 2.05) is 0 Å². The Bertz CT molecular complexity index is 1140. The van der Waals surface area contributed by atoms with Gasteiger partial charge < -0.3 is 0 Å². The molecule has 26 heavy (non-hydrogen) atoms. The second-order valence-corrected chi connectivity index (χ2v) is 6.60. The molecule has 0 aliphatic heterocycles. The SMILES string of the molecule is [c]1c(-c2ccc3ccccc3c2)cccc1-c1ccc2ccccc2c1. The maximum Gasteiger partial charge on any atom is -0.00143 e. The highest BCUT2D eigenvalue weighted by Crippen LogP contribution is 2.29. The van der Waals surface area contributed by atoms with Crippen molar-refractivity contribution in [2.45, 2.75) is 0 Å². The minimum atomic E-state index is 1.13. The standard InChI is InChI=1S/C26H17/c1-3-8-21-16-25(14-12-19(21)6-1)23-10-5-11-24(18-23)26-15-13-20-7-2-4-9-22(20)17-26/h1-17H. The van der Waals surface area contributed by atoms with Gasteiger partial charge in [0.05, 0.1) is 0 Å². The lowest BCUT2D eigenvalue weighted by Gasteiger charge is -2.08. The fraction of sp³-hybridized carbons (Fsp3) is 0. The summed E-state index contributed by atoms with van der Waals surface area (Å²) in [6.07, 6.45) is 0. The average molecular weight is 329 g/mol. The van der Waals surface area contributed by atoms with Crippen LogP contribution in [0.4, 0.5) is 0 Å². The van der Waals surface area contributed by atoms with Gasteiger partial charge in [0.25, 0.3) is 0 Å². The van der Waals surface area contributed by atoms with Gasteiger partial charge in [-0.1, -0.05) is 91.0 Å². The average Bonchev–Trinajstić information content (AvgIpc) is 2.73. The molecule has 0 atom stereocenters. The van der Waals surface area contributed by atoms with Gasteiger partial charge in [0.15, 0.2) is 0 Å². The fourth-order valence-electron chi connectivity index (χ4n) is 3.52. The van der Waals surface area contributed by atoms with E-state index in [1.165, 1.54) is 32.7 Å². The van der Waals surface area contributed by atoms with Crippen molar-refractivity contribution >= 4 is 21.5 Å². The lowest BCUT2D eigenvalue weighted by Crippen LogP contribution is -1.83. The molecule has 0 heterocycles. The highest BCUT2D eigenvalue weighted by molar-refractivity contribution is 5.89. The number of fused-ring (bicyclic) bond motifs is 2. The molecule has 0 saturated heterocycles. The molecular weight excluding hydrogens is 312 g/mol. The van der Waals surface area contributed by atoms with Gasteiger partial charge >= 0.3 is 0 Å². The number of hydrogen-bond donors (Lipinski definition) is 0. The van der Waals surface area contributed by atoms with Crippen LogP contribution in [0.15, 0.2) is 103 Å². The van der Waals surface area contributed by atoms with E-state index in [-0.39, 0.29) is 0 Å². The molecule has 121 valence electrons. The van der Waals surface area contributed by atoms with Crippen molar-refractivity contribution in [3.63, 3.8) is 0 Å². The van der Waals surface area contributed by atoms with Gasteiger partial charge in [-0.15, -0.1) is 0 Å². The largest absolute Gasteiger partial charge is 0.0616 e. The molecule has 0 spiro atoms. The highest BCUT2D eigenvalue weighted by Gasteiger charge is 2.04. The smallest absolute Gasteiger partial charge is 0.00143 e. The summed E-state index contributed by atoms with van der Waals surface area (Å²) >= 11 is 0. The molecule has 5 rings (SSSR count). The molecule has 5 aromatic rings. The maximum atomic E-state index is 3.61. The van der Waals surface area contributed by atoms with E-state index >= 15 is 0 Å². The van der Waals surface area contributed by atoms with Crippen LogP contribution in [0.2, 0.25) is 0 Å². The molecule has 0 amide bonds. The molecule has 0 aliphatic rings. The van der Waals surface area contributed by atoms with Crippen LogP contribution in [0.25, 0.3) is 43.8 Å². The van der Waals surface area contributed by atoms with Crippen LogP contribution in [0.3, 0.4) is 0 Å². The topological polar surface area (TPSA) is 0 Å². The highest BCUT2D eigenvalue weighted by atomic mass is 14.1. The Kier molecular flexibility index (Phi) is 3.54. The van der Waals surface area contributed by atoms with E-state index in [4.69, 9.17) is 0 Å². The molecule has 5 aromatic carbocycles. The van der Waals surface area contributed by atoms with E-state index in [1.54, 1.807) is 0 Å². The van der Waals surface area contributed by atoms with E-state index in [0.29, 0.717) is 0 Å². The van der Waals surface area contributed by atoms with Gasteiger partial charge in [0, 0.05) is 0 Å². The minimum Gasteiger partial charge on any atom is -0.0616 e. The van der Waals surface area contributed by atoms with Crippen molar-refractivity contribution in [3.05, 3.63) is 109 Å². The second-order valence-electron chi connectivity index (χ2n) is 6.60. The predicted octanol–water partition coefficient (Wildman–Crippen LogP) is 7.13. The zero-order chi connectivity index (χ0) is 17.3. The van der Waals surface area contributed by atoms with Crippen molar-refractivity contribution in [1.29, 1.82) is 0 Å². The van der Waals surface area contributed by atoms with Gasteiger partial charge in [-0.25, -0.2) is 0 Å². The maximum absolute atomic E-state index is 3.61. The van der Waals surface area contributed by atoms with Crippen LogP contribution in [-0.2, 0) is 0 Å². The Morgan fingerprint density at radius 2 is 0.846 bits per heavy atom. The van der Waals surface area contributed by atoms with Crippen LogP contribution < -0.4 is 0 Å². The summed E-state index contributed by atoms with van der Waals surface area (Å²) in [6, 6.07) is 40.1. The lowest BCUT2D eigenvalue weighted by molar-refractivity contribution is 1.60. The monoisotopic (exact) mass is 329 g/mol. The molecule has 0 aliphatic carbocycles. The molecule has 0 bridgehead atoms. The van der Waals surface area contributed by atoms with E-state index in [0.717, 1.165) is 11.1 Å². The molecule has 0 heteroatoms. The molecule has 0 nitrogen and oxygen atoms in total. The van der Waals surface area contributed by atoms with Crippen molar-refractivity contribution in [2.24, 2.45) is 0 Å². The summed E-state index contributed by atoms with van der Waals surface area (Å²) in [5.41, 5.74) is 4.65. The first kappa shape index (κ1) is 14.9. The third kappa shape index (κ3) is 2.66. The van der Waals surface area contributed by atoms with Gasteiger partial charge in [-0.05, 0) is 62.0 Å². The summed E-state index contributed by atoms with van der Waals surface area (Å²) in [7, 11) is 0. The van der Waals surface area contributed by atoms with Crippen LogP contribution >= 0.6 is 0 Å². The zero-order valence-electron chi connectivity index (χ0n) is 14.3. The van der Waals surface area contributed by atoms with Crippen LogP contribution in [0, 0.1) is 6.07 Å². The lowest BCUT2D eigenvalue weighted by atomic mass is 9.96. The molecule has 0 fully saturated rings. The molecule has 0 unspecified atom stereocenters. The Hall–Kier alpha value is -3.38. The first-order chi connectivity index (χ1) is 12.9. The molecule has 0 N–H and O–H groups in total. The van der Waals surface area contributed by atoms with Crippen molar-refractivity contribution < 1.29 is 0 Å². The van der Waals surface area contributed by atoms with Crippen LogP contribution in [-0.4, -0.2) is 0 Å². The van der Waals surface area contributed by atoms with Crippen molar-refractivity contribution in [2.75, 3.05) is 0 Å². The summed E-state index contributed by atoms with van der Waals surface area (Å²) in [4.78, 5) is 0. The Morgan fingerprint density at radius 1 is 0.385 bits per heavy atom. The van der Waals surface area contributed by atoms with Crippen LogP contribution in [0.5, 0.6) is 0 Å². The van der Waals surface area contributed by atoms with Crippen LogP contribution in [0.1, 0.15) is 0 Å². The van der Waals surface area contributed by atoms with E-state index in [2.05, 4.69) is 109 Å². The van der Waals surface area contributed by atoms with E-state index < -0.39 is 0 Å². The summed E-state index contributed by atoms with van der Waals surface area (Å²) in [5.74, 6) is 0. The minimum absolute atomic E-state index is 1.13. The van der Waals surface area contributed by atoms with E-state index in [9.17, 15) is 0 Å². The van der Waals surface area contributed by atoms with Gasteiger partial charge in [-0.3, -0.25) is 0 Å². The van der Waals surface area contributed by atoms with Gasteiger partial charge in [0.1, 0.15) is 0 Å². The molecule has 0 aromatic heterocycles. The zero-order valence-corrected chi connectivity index (χ0v) is 14.3. The summed E-state index contributed by atoms with van der Waals surface area (Å²) < 4.78 is 0. The Balaban J connectivity index is 1.60. The normalized spacial score (nSPS) is 11.1. The Morgan fingerprint density at radius 3 is 1.35 bits per heavy atom. The predicted molar refractivity (Wildman–Crippen MR) is 111 cm³/mol. The molecule has 1 radical (unpaired) electrons. The number of benzene rings is 5. The Labute approximate surface area is 153 Å². The van der Waals surface area contributed by atoms with Crippen molar-refractivity contribution in [1.82, 2.24) is 0 Å². The number of rotatable bonds is 2. The first-order valence-electron chi connectivity index (χ1n) is 8.87. The third-order valence-corrected chi connectivity index (χ3v) is 4.92. The van der Waals surface area contributed by atoms with Gasteiger partial charge in [0.2, 0.25) is 0 Å². The third-order valence-electron chi connectivity index (χ3n) is 4.92. The second kappa shape index (κ2) is 6.16. The fourth-order valence-corrected chi connectivity index (χ4v) is 3.52. The van der Waals surface area contributed by atoms with Crippen molar-refractivity contribution in [3.8, 4) is 22.3 Å².